The van der Waals surface area contributed by atoms with E-state index in [0.29, 0.717) is 6.04 Å². The fraction of sp³-hybridized carbons (Fsp3) is 0.846. The predicted octanol–water partition coefficient (Wildman–Crippen LogP) is 2.31. The Morgan fingerprint density at radius 1 is 1.35 bits per heavy atom. The van der Waals surface area contributed by atoms with Gasteiger partial charge < -0.3 is 5.73 Å². The SMILES string of the molecule is CCC1CCC(n2cc(CCCN)nn2)CC1. The molecule has 4 nitrogen and oxygen atoms in total. The molecular formula is C13H24N4. The van der Waals surface area contributed by atoms with Crippen molar-refractivity contribution in [2.45, 2.75) is 57.9 Å². The van der Waals surface area contributed by atoms with Gasteiger partial charge in [-0.2, -0.15) is 0 Å². The number of hydrogen-bond donors (Lipinski definition) is 1. The summed E-state index contributed by atoms with van der Waals surface area (Å²) in [6, 6.07) is 0.580. The fourth-order valence-electron chi connectivity index (χ4n) is 2.71. The smallest absolute Gasteiger partial charge is 0.0827 e. The van der Waals surface area contributed by atoms with Gasteiger partial charge in [0.15, 0.2) is 0 Å². The highest BCUT2D eigenvalue weighted by Crippen LogP contribution is 2.33. The van der Waals surface area contributed by atoms with Gasteiger partial charge in [0, 0.05) is 6.20 Å². The Kier molecular flexibility index (Phi) is 4.54. The third kappa shape index (κ3) is 3.28. The third-order valence-corrected chi connectivity index (χ3v) is 3.96. The summed E-state index contributed by atoms with van der Waals surface area (Å²) in [5.74, 6) is 0.937. The molecule has 1 fully saturated rings. The lowest BCUT2D eigenvalue weighted by Gasteiger charge is -2.27. The van der Waals surface area contributed by atoms with E-state index < -0.39 is 0 Å². The summed E-state index contributed by atoms with van der Waals surface area (Å²) in [4.78, 5) is 0. The summed E-state index contributed by atoms with van der Waals surface area (Å²) in [6.45, 7) is 3.03. The van der Waals surface area contributed by atoms with Gasteiger partial charge in [-0.3, -0.25) is 0 Å². The summed E-state index contributed by atoms with van der Waals surface area (Å²) in [5.41, 5.74) is 6.59. The average Bonchev–Trinajstić information content (AvgIpc) is 2.85. The quantitative estimate of drug-likeness (QED) is 0.853. The molecule has 0 bridgehead atoms. The van der Waals surface area contributed by atoms with Crippen molar-refractivity contribution in [1.82, 2.24) is 15.0 Å². The first-order chi connectivity index (χ1) is 8.33. The van der Waals surface area contributed by atoms with Crippen LogP contribution in [0.25, 0.3) is 0 Å². The van der Waals surface area contributed by atoms with Crippen LogP contribution in [0.5, 0.6) is 0 Å². The normalized spacial score (nSPS) is 25.1. The zero-order chi connectivity index (χ0) is 12.1. The molecule has 0 unspecified atom stereocenters. The molecule has 96 valence electrons. The van der Waals surface area contributed by atoms with Gasteiger partial charge in [0.25, 0.3) is 0 Å². The fourth-order valence-corrected chi connectivity index (χ4v) is 2.71. The van der Waals surface area contributed by atoms with Crippen LogP contribution in [0.1, 0.15) is 57.2 Å². The van der Waals surface area contributed by atoms with Gasteiger partial charge in [-0.15, -0.1) is 5.10 Å². The Bertz CT molecular complexity index is 326. The van der Waals surface area contributed by atoms with Crippen molar-refractivity contribution in [2.24, 2.45) is 11.7 Å². The Balaban J connectivity index is 1.87. The zero-order valence-corrected chi connectivity index (χ0v) is 10.8. The summed E-state index contributed by atoms with van der Waals surface area (Å²) in [7, 11) is 0. The van der Waals surface area contributed by atoms with Crippen LogP contribution in [0.15, 0.2) is 6.20 Å². The molecule has 4 heteroatoms. The molecule has 1 saturated carbocycles. The van der Waals surface area contributed by atoms with E-state index in [0.717, 1.165) is 31.0 Å². The van der Waals surface area contributed by atoms with Crippen molar-refractivity contribution < 1.29 is 0 Å². The maximum absolute atomic E-state index is 5.50. The minimum atomic E-state index is 0.580. The Hall–Kier alpha value is -0.900. The highest BCUT2D eigenvalue weighted by atomic mass is 15.4. The molecule has 0 amide bonds. The van der Waals surface area contributed by atoms with Crippen LogP contribution in [-0.2, 0) is 6.42 Å². The monoisotopic (exact) mass is 236 g/mol. The molecule has 1 aromatic rings. The van der Waals surface area contributed by atoms with Crippen LogP contribution in [0.2, 0.25) is 0 Å². The predicted molar refractivity (Wildman–Crippen MR) is 68.7 cm³/mol. The van der Waals surface area contributed by atoms with Gasteiger partial charge in [-0.05, 0) is 51.0 Å². The summed E-state index contributed by atoms with van der Waals surface area (Å²) in [6.07, 6.45) is 10.6. The molecule has 2 rings (SSSR count). The van der Waals surface area contributed by atoms with Crippen molar-refractivity contribution in [2.75, 3.05) is 6.54 Å². The number of hydrogen-bond acceptors (Lipinski definition) is 3. The van der Waals surface area contributed by atoms with Crippen molar-refractivity contribution in [3.8, 4) is 0 Å². The van der Waals surface area contributed by atoms with Crippen molar-refractivity contribution >= 4 is 0 Å². The van der Waals surface area contributed by atoms with E-state index in [1.165, 1.54) is 32.1 Å². The molecule has 0 aromatic carbocycles. The van der Waals surface area contributed by atoms with E-state index in [9.17, 15) is 0 Å². The highest BCUT2D eigenvalue weighted by molar-refractivity contribution is 4.94. The molecule has 0 saturated heterocycles. The van der Waals surface area contributed by atoms with Crippen LogP contribution in [0.4, 0.5) is 0 Å². The van der Waals surface area contributed by atoms with E-state index in [1.54, 1.807) is 0 Å². The van der Waals surface area contributed by atoms with Crippen LogP contribution in [-0.4, -0.2) is 21.5 Å². The standard InChI is InChI=1S/C13H24N4/c1-2-11-5-7-13(8-6-11)17-10-12(15-16-17)4-3-9-14/h10-11,13H,2-9,14H2,1H3. The average molecular weight is 236 g/mol. The first kappa shape index (κ1) is 12.6. The lowest BCUT2D eigenvalue weighted by atomic mass is 9.85. The Morgan fingerprint density at radius 3 is 2.76 bits per heavy atom. The first-order valence-corrected chi connectivity index (χ1v) is 6.94. The maximum Gasteiger partial charge on any atom is 0.0827 e. The van der Waals surface area contributed by atoms with E-state index >= 15 is 0 Å². The number of aromatic nitrogens is 3. The van der Waals surface area contributed by atoms with Gasteiger partial charge in [0.05, 0.1) is 11.7 Å². The summed E-state index contributed by atoms with van der Waals surface area (Å²) < 4.78 is 2.08. The Labute approximate surface area is 104 Å². The number of aryl methyl sites for hydroxylation is 1. The van der Waals surface area contributed by atoms with Gasteiger partial charge >= 0.3 is 0 Å². The minimum absolute atomic E-state index is 0.580. The van der Waals surface area contributed by atoms with E-state index in [-0.39, 0.29) is 0 Å². The van der Waals surface area contributed by atoms with Gasteiger partial charge in [0.2, 0.25) is 0 Å². The van der Waals surface area contributed by atoms with Crippen molar-refractivity contribution in [3.05, 3.63) is 11.9 Å². The van der Waals surface area contributed by atoms with Gasteiger partial charge in [-0.25, -0.2) is 4.68 Å². The van der Waals surface area contributed by atoms with Crippen LogP contribution >= 0.6 is 0 Å². The second-order valence-corrected chi connectivity index (χ2v) is 5.16. The number of nitrogens with zero attached hydrogens (tertiary/aromatic N) is 3. The van der Waals surface area contributed by atoms with E-state index in [2.05, 4.69) is 28.1 Å². The van der Waals surface area contributed by atoms with E-state index in [4.69, 9.17) is 5.73 Å². The largest absolute Gasteiger partial charge is 0.330 e. The van der Waals surface area contributed by atoms with Gasteiger partial charge in [0.1, 0.15) is 0 Å². The summed E-state index contributed by atoms with van der Waals surface area (Å²) >= 11 is 0. The molecular weight excluding hydrogens is 212 g/mol. The molecule has 1 aliphatic rings. The minimum Gasteiger partial charge on any atom is -0.330 e. The second kappa shape index (κ2) is 6.15. The number of rotatable bonds is 5. The molecule has 0 aliphatic heterocycles. The molecule has 17 heavy (non-hydrogen) atoms. The highest BCUT2D eigenvalue weighted by Gasteiger charge is 2.21. The maximum atomic E-state index is 5.50. The zero-order valence-electron chi connectivity index (χ0n) is 10.8. The van der Waals surface area contributed by atoms with Crippen molar-refractivity contribution in [3.63, 3.8) is 0 Å². The third-order valence-electron chi connectivity index (χ3n) is 3.96. The molecule has 1 heterocycles. The second-order valence-electron chi connectivity index (χ2n) is 5.16. The van der Waals surface area contributed by atoms with Gasteiger partial charge in [-0.1, -0.05) is 18.6 Å². The molecule has 0 radical (unpaired) electrons. The summed E-state index contributed by atoms with van der Waals surface area (Å²) in [5, 5.41) is 8.49. The lowest BCUT2D eigenvalue weighted by molar-refractivity contribution is 0.253. The molecule has 2 N–H and O–H groups in total. The Morgan fingerprint density at radius 2 is 2.12 bits per heavy atom. The van der Waals surface area contributed by atoms with Crippen LogP contribution in [0.3, 0.4) is 0 Å². The van der Waals surface area contributed by atoms with Crippen LogP contribution in [0, 0.1) is 5.92 Å². The first-order valence-electron chi connectivity index (χ1n) is 6.94. The molecule has 1 aliphatic carbocycles. The van der Waals surface area contributed by atoms with Crippen LogP contribution < -0.4 is 5.73 Å². The van der Waals surface area contributed by atoms with Crippen molar-refractivity contribution in [1.29, 1.82) is 0 Å². The molecule has 1 aromatic heterocycles. The number of nitrogens with two attached hydrogens (primary N) is 1. The molecule has 0 spiro atoms. The molecule has 0 atom stereocenters. The topological polar surface area (TPSA) is 56.7 Å². The lowest BCUT2D eigenvalue weighted by Crippen LogP contribution is -2.18. The van der Waals surface area contributed by atoms with E-state index in [1.807, 2.05) is 0 Å².